The molecule has 0 fully saturated rings. The van der Waals surface area contributed by atoms with Gasteiger partial charge in [-0.1, -0.05) is 19.0 Å². The van der Waals surface area contributed by atoms with Crippen molar-refractivity contribution < 1.29 is 14.4 Å². The van der Waals surface area contributed by atoms with Crippen LogP contribution in [0.15, 0.2) is 23.6 Å². The monoisotopic (exact) mass is 254 g/mol. The maximum atomic E-state index is 13.3. The zero-order chi connectivity index (χ0) is 13.7. The molecule has 1 rings (SSSR count). The minimum Gasteiger partial charge on any atom is -0.409 e. The molecule has 0 aliphatic heterocycles. The van der Waals surface area contributed by atoms with E-state index >= 15 is 0 Å². The molecular formula is C11H15FN4O2. The van der Waals surface area contributed by atoms with Crippen molar-refractivity contribution in [3.05, 3.63) is 29.8 Å². The van der Waals surface area contributed by atoms with Crippen molar-refractivity contribution in [2.24, 2.45) is 16.8 Å². The molecule has 98 valence electrons. The lowest BCUT2D eigenvalue weighted by Crippen LogP contribution is -2.48. The second kappa shape index (κ2) is 5.95. The predicted molar refractivity (Wildman–Crippen MR) is 63.7 cm³/mol. The summed E-state index contributed by atoms with van der Waals surface area (Å²) in [5.74, 6) is -1.60. The molecule has 0 aromatic carbocycles. The van der Waals surface area contributed by atoms with Gasteiger partial charge >= 0.3 is 0 Å². The smallest absolute Gasteiger partial charge is 0.254 e. The lowest BCUT2D eigenvalue weighted by Gasteiger charge is -2.20. The molecule has 1 atom stereocenters. The number of hydrogen-bond acceptors (Lipinski definition) is 4. The van der Waals surface area contributed by atoms with Crippen molar-refractivity contribution in [3.8, 4) is 0 Å². The molecule has 0 aliphatic rings. The zero-order valence-electron chi connectivity index (χ0n) is 10.1. The van der Waals surface area contributed by atoms with E-state index in [0.29, 0.717) is 0 Å². The quantitative estimate of drug-likeness (QED) is 0.319. The number of nitrogens with zero attached hydrogens (tertiary/aromatic N) is 2. The fourth-order valence-corrected chi connectivity index (χ4v) is 1.42. The Morgan fingerprint density at radius 3 is 2.78 bits per heavy atom. The molecule has 18 heavy (non-hydrogen) atoms. The first kappa shape index (κ1) is 13.9. The van der Waals surface area contributed by atoms with Crippen LogP contribution in [0.1, 0.15) is 24.2 Å². The lowest BCUT2D eigenvalue weighted by atomic mass is 10.0. The van der Waals surface area contributed by atoms with Crippen LogP contribution in [-0.2, 0) is 0 Å². The first-order chi connectivity index (χ1) is 8.47. The van der Waals surface area contributed by atoms with Crippen LogP contribution in [0, 0.1) is 11.7 Å². The number of oxime groups is 1. The highest BCUT2D eigenvalue weighted by Crippen LogP contribution is 2.07. The molecule has 0 aliphatic carbocycles. The number of aromatic nitrogens is 1. The Morgan fingerprint density at radius 2 is 2.28 bits per heavy atom. The van der Waals surface area contributed by atoms with Gasteiger partial charge in [-0.2, -0.15) is 0 Å². The SMILES string of the molecule is CC(C)C(NC(=O)c1ccncc1F)C(N)=NO. The van der Waals surface area contributed by atoms with E-state index in [1.807, 2.05) is 0 Å². The average Bonchev–Trinajstić information content (AvgIpc) is 2.35. The fourth-order valence-electron chi connectivity index (χ4n) is 1.42. The van der Waals surface area contributed by atoms with Gasteiger partial charge in [-0.05, 0) is 12.0 Å². The normalized spacial score (nSPS) is 13.4. The van der Waals surface area contributed by atoms with Crippen LogP contribution >= 0.6 is 0 Å². The molecule has 0 spiro atoms. The number of halogens is 1. The van der Waals surface area contributed by atoms with E-state index in [9.17, 15) is 9.18 Å². The Labute approximate surface area is 104 Å². The number of amidine groups is 1. The Bertz CT molecular complexity index is 462. The van der Waals surface area contributed by atoms with E-state index in [1.54, 1.807) is 13.8 Å². The third-order valence-electron chi connectivity index (χ3n) is 2.40. The van der Waals surface area contributed by atoms with Gasteiger partial charge in [-0.3, -0.25) is 9.78 Å². The van der Waals surface area contributed by atoms with E-state index in [2.05, 4.69) is 15.5 Å². The summed E-state index contributed by atoms with van der Waals surface area (Å²) in [7, 11) is 0. The van der Waals surface area contributed by atoms with Crippen LogP contribution in [0.25, 0.3) is 0 Å². The van der Waals surface area contributed by atoms with Crippen molar-refractivity contribution in [1.29, 1.82) is 0 Å². The van der Waals surface area contributed by atoms with Crippen molar-refractivity contribution in [2.45, 2.75) is 19.9 Å². The van der Waals surface area contributed by atoms with Gasteiger partial charge < -0.3 is 16.3 Å². The number of carbonyl (C=O) groups excluding carboxylic acids is 1. The molecule has 1 aromatic heterocycles. The van der Waals surface area contributed by atoms with Crippen LogP contribution in [-0.4, -0.2) is 28.0 Å². The van der Waals surface area contributed by atoms with E-state index < -0.39 is 17.8 Å². The highest BCUT2D eigenvalue weighted by molar-refractivity contribution is 5.98. The van der Waals surface area contributed by atoms with Crippen molar-refractivity contribution in [2.75, 3.05) is 0 Å². The Balaban J connectivity index is 2.89. The molecule has 0 radical (unpaired) electrons. The van der Waals surface area contributed by atoms with Crippen LogP contribution in [0.2, 0.25) is 0 Å². The minimum absolute atomic E-state index is 0.102. The lowest BCUT2D eigenvalue weighted by molar-refractivity contribution is 0.0934. The van der Waals surface area contributed by atoms with E-state index in [-0.39, 0.29) is 17.3 Å². The minimum atomic E-state index is -0.725. The predicted octanol–water partition coefficient (Wildman–Crippen LogP) is 0.722. The van der Waals surface area contributed by atoms with Crippen LogP contribution < -0.4 is 11.1 Å². The molecule has 1 unspecified atom stereocenters. The van der Waals surface area contributed by atoms with Gasteiger partial charge in [0.1, 0.15) is 0 Å². The number of hydrogen-bond donors (Lipinski definition) is 3. The third kappa shape index (κ3) is 3.16. The molecule has 0 bridgehead atoms. The van der Waals surface area contributed by atoms with Crippen molar-refractivity contribution in [1.82, 2.24) is 10.3 Å². The Hall–Kier alpha value is -2.18. The second-order valence-electron chi connectivity index (χ2n) is 4.08. The van der Waals surface area contributed by atoms with Crippen molar-refractivity contribution >= 4 is 11.7 Å². The summed E-state index contributed by atoms with van der Waals surface area (Å²) >= 11 is 0. The molecule has 1 amide bonds. The molecule has 1 heterocycles. The molecule has 1 aromatic rings. The molecular weight excluding hydrogens is 239 g/mol. The molecule has 0 saturated heterocycles. The number of nitrogens with two attached hydrogens (primary N) is 1. The van der Waals surface area contributed by atoms with Gasteiger partial charge in [-0.25, -0.2) is 4.39 Å². The highest BCUT2D eigenvalue weighted by Gasteiger charge is 2.22. The highest BCUT2D eigenvalue weighted by atomic mass is 19.1. The first-order valence-electron chi connectivity index (χ1n) is 5.35. The van der Waals surface area contributed by atoms with Crippen molar-refractivity contribution in [3.63, 3.8) is 0 Å². The summed E-state index contributed by atoms with van der Waals surface area (Å²) in [4.78, 5) is 15.4. The van der Waals surface area contributed by atoms with Crippen LogP contribution in [0.4, 0.5) is 4.39 Å². The summed E-state index contributed by atoms with van der Waals surface area (Å²) in [5, 5.41) is 14.0. The molecule has 0 saturated carbocycles. The van der Waals surface area contributed by atoms with Gasteiger partial charge in [0.25, 0.3) is 5.91 Å². The number of amides is 1. The number of pyridine rings is 1. The maximum absolute atomic E-state index is 13.3. The van der Waals surface area contributed by atoms with Crippen LogP contribution in [0.5, 0.6) is 0 Å². The fraction of sp³-hybridized carbons (Fsp3) is 0.364. The van der Waals surface area contributed by atoms with E-state index in [0.717, 1.165) is 6.20 Å². The summed E-state index contributed by atoms with van der Waals surface area (Å²) in [6.45, 7) is 3.57. The molecule has 7 heteroatoms. The summed E-state index contributed by atoms with van der Waals surface area (Å²) < 4.78 is 13.3. The largest absolute Gasteiger partial charge is 0.409 e. The third-order valence-corrected chi connectivity index (χ3v) is 2.40. The Morgan fingerprint density at radius 1 is 1.61 bits per heavy atom. The maximum Gasteiger partial charge on any atom is 0.254 e. The zero-order valence-corrected chi connectivity index (χ0v) is 10.1. The number of rotatable bonds is 4. The van der Waals surface area contributed by atoms with Gasteiger partial charge in [0.15, 0.2) is 11.7 Å². The molecule has 4 N–H and O–H groups in total. The topological polar surface area (TPSA) is 101 Å². The average molecular weight is 254 g/mol. The van der Waals surface area contributed by atoms with E-state index in [1.165, 1.54) is 12.3 Å². The number of nitrogens with one attached hydrogen (secondary N) is 1. The standard InChI is InChI=1S/C11H15FN4O2/c1-6(2)9(10(13)16-18)15-11(17)7-3-4-14-5-8(7)12/h3-6,9,18H,1-2H3,(H2,13,16)(H,15,17). The summed E-state index contributed by atoms with van der Waals surface area (Å²) in [5.41, 5.74) is 5.32. The van der Waals surface area contributed by atoms with Gasteiger partial charge in [0.2, 0.25) is 0 Å². The van der Waals surface area contributed by atoms with Gasteiger partial charge in [-0.15, -0.1) is 0 Å². The Kier molecular flexibility index (Phi) is 4.59. The number of carbonyl (C=O) groups is 1. The summed E-state index contributed by atoms with van der Waals surface area (Å²) in [6.07, 6.45) is 2.26. The summed E-state index contributed by atoms with van der Waals surface area (Å²) in [6, 6.07) is 0.587. The van der Waals surface area contributed by atoms with Gasteiger partial charge in [0.05, 0.1) is 17.8 Å². The van der Waals surface area contributed by atoms with E-state index in [4.69, 9.17) is 10.9 Å². The van der Waals surface area contributed by atoms with Gasteiger partial charge in [0, 0.05) is 6.20 Å². The molecule has 6 nitrogen and oxygen atoms in total. The van der Waals surface area contributed by atoms with Crippen LogP contribution in [0.3, 0.4) is 0 Å². The first-order valence-corrected chi connectivity index (χ1v) is 5.35. The second-order valence-corrected chi connectivity index (χ2v) is 4.08.